The maximum absolute atomic E-state index is 12.9. The minimum absolute atomic E-state index is 0.109. The molecule has 5 heteroatoms. The van der Waals surface area contributed by atoms with Crippen molar-refractivity contribution in [1.82, 2.24) is 0 Å². The van der Waals surface area contributed by atoms with Crippen LogP contribution in [0, 0.1) is 19.7 Å². The van der Waals surface area contributed by atoms with Gasteiger partial charge in [0.1, 0.15) is 5.82 Å². The number of nitrogens with one attached hydrogen (secondary N) is 2. The minimum atomic E-state index is -0.439. The molecule has 0 aliphatic rings. The predicted molar refractivity (Wildman–Crippen MR) is 84.4 cm³/mol. The lowest BCUT2D eigenvalue weighted by Crippen LogP contribution is -2.22. The Hall–Kier alpha value is -2.07. The van der Waals surface area contributed by atoms with Gasteiger partial charge in [0.05, 0.1) is 17.3 Å². The summed E-state index contributed by atoms with van der Waals surface area (Å²) in [4.78, 5) is 11.9. The summed E-state index contributed by atoms with van der Waals surface area (Å²) in [5.74, 6) is -0.685. The zero-order chi connectivity index (χ0) is 15.4. The Kier molecular flexibility index (Phi) is 4.81. The van der Waals surface area contributed by atoms with Crippen LogP contribution in [0.5, 0.6) is 0 Å². The van der Waals surface area contributed by atoms with Crippen LogP contribution >= 0.6 is 11.6 Å². The second-order valence-corrected chi connectivity index (χ2v) is 5.25. The Morgan fingerprint density at radius 1 is 1.14 bits per heavy atom. The van der Waals surface area contributed by atoms with E-state index >= 15 is 0 Å². The molecule has 0 heterocycles. The first kappa shape index (κ1) is 15.3. The third-order valence-corrected chi connectivity index (χ3v) is 3.34. The predicted octanol–water partition coefficient (Wildman–Crippen LogP) is 4.15. The molecule has 0 unspecified atom stereocenters. The maximum Gasteiger partial charge on any atom is 0.243 e. The van der Waals surface area contributed by atoms with Gasteiger partial charge in [0.25, 0.3) is 0 Å². The lowest BCUT2D eigenvalue weighted by Gasteiger charge is -2.11. The van der Waals surface area contributed by atoms with E-state index in [4.69, 9.17) is 11.6 Å². The fourth-order valence-corrected chi connectivity index (χ4v) is 2.19. The molecule has 0 fully saturated rings. The molecule has 0 atom stereocenters. The quantitative estimate of drug-likeness (QED) is 0.891. The minimum Gasteiger partial charge on any atom is -0.376 e. The Morgan fingerprint density at radius 3 is 2.52 bits per heavy atom. The molecule has 2 aromatic rings. The van der Waals surface area contributed by atoms with Crippen LogP contribution in [0.15, 0.2) is 36.4 Å². The van der Waals surface area contributed by atoms with Crippen molar-refractivity contribution < 1.29 is 9.18 Å². The highest BCUT2D eigenvalue weighted by Crippen LogP contribution is 2.22. The van der Waals surface area contributed by atoms with Gasteiger partial charge in [-0.1, -0.05) is 29.3 Å². The van der Waals surface area contributed by atoms with Crippen molar-refractivity contribution in [2.24, 2.45) is 0 Å². The summed E-state index contributed by atoms with van der Waals surface area (Å²) in [7, 11) is 0. The molecular weight excluding hydrogens is 291 g/mol. The van der Waals surface area contributed by atoms with Crippen LogP contribution in [-0.4, -0.2) is 12.5 Å². The first-order valence-electron chi connectivity index (χ1n) is 6.52. The van der Waals surface area contributed by atoms with Gasteiger partial charge in [-0.2, -0.15) is 0 Å². The molecule has 2 aromatic carbocycles. The summed E-state index contributed by atoms with van der Waals surface area (Å²) in [5.41, 5.74) is 3.54. The van der Waals surface area contributed by atoms with E-state index in [1.165, 1.54) is 17.7 Å². The van der Waals surface area contributed by atoms with Gasteiger partial charge in [0.2, 0.25) is 5.91 Å². The average Bonchev–Trinajstić information content (AvgIpc) is 2.41. The fraction of sp³-hybridized carbons (Fsp3) is 0.188. The summed E-state index contributed by atoms with van der Waals surface area (Å²) >= 11 is 5.86. The molecule has 0 bridgehead atoms. The van der Waals surface area contributed by atoms with Gasteiger partial charge in [-0.05, 0) is 43.7 Å². The molecule has 0 saturated heterocycles. The van der Waals surface area contributed by atoms with E-state index in [9.17, 15) is 9.18 Å². The summed E-state index contributed by atoms with van der Waals surface area (Å²) in [5, 5.41) is 5.88. The van der Waals surface area contributed by atoms with Gasteiger partial charge < -0.3 is 10.6 Å². The number of amides is 1. The highest BCUT2D eigenvalue weighted by molar-refractivity contribution is 6.33. The van der Waals surface area contributed by atoms with E-state index in [1.54, 1.807) is 0 Å². The van der Waals surface area contributed by atoms with Gasteiger partial charge in [-0.3, -0.25) is 4.79 Å². The van der Waals surface area contributed by atoms with Crippen LogP contribution in [-0.2, 0) is 4.79 Å². The van der Waals surface area contributed by atoms with Crippen molar-refractivity contribution in [1.29, 1.82) is 0 Å². The first-order chi connectivity index (χ1) is 9.95. The Morgan fingerprint density at radius 2 is 1.86 bits per heavy atom. The van der Waals surface area contributed by atoms with Crippen LogP contribution in [0.25, 0.3) is 0 Å². The molecule has 0 aliphatic heterocycles. The number of carbonyl (C=O) groups excluding carboxylic acids is 1. The SMILES string of the molecule is Cc1ccc(NCC(=O)Nc2ccc(F)cc2Cl)c(C)c1. The third kappa shape index (κ3) is 4.20. The molecule has 0 radical (unpaired) electrons. The number of rotatable bonds is 4. The van der Waals surface area contributed by atoms with Crippen molar-refractivity contribution in [3.05, 3.63) is 58.4 Å². The zero-order valence-electron chi connectivity index (χ0n) is 11.8. The van der Waals surface area contributed by atoms with Crippen LogP contribution in [0.3, 0.4) is 0 Å². The number of hydrogen-bond acceptors (Lipinski definition) is 2. The topological polar surface area (TPSA) is 41.1 Å². The zero-order valence-corrected chi connectivity index (χ0v) is 12.6. The van der Waals surface area contributed by atoms with Crippen molar-refractivity contribution in [3.63, 3.8) is 0 Å². The number of benzene rings is 2. The lowest BCUT2D eigenvalue weighted by molar-refractivity contribution is -0.114. The largest absolute Gasteiger partial charge is 0.376 e. The smallest absolute Gasteiger partial charge is 0.243 e. The number of hydrogen-bond donors (Lipinski definition) is 2. The van der Waals surface area contributed by atoms with E-state index in [0.717, 1.165) is 17.3 Å². The highest BCUT2D eigenvalue weighted by atomic mass is 35.5. The number of carbonyl (C=O) groups is 1. The maximum atomic E-state index is 12.9. The molecule has 3 nitrogen and oxygen atoms in total. The fourth-order valence-electron chi connectivity index (χ4n) is 1.97. The summed E-state index contributed by atoms with van der Waals surface area (Å²) < 4.78 is 12.9. The molecule has 0 spiro atoms. The summed E-state index contributed by atoms with van der Waals surface area (Å²) in [6.07, 6.45) is 0. The van der Waals surface area contributed by atoms with E-state index in [-0.39, 0.29) is 17.5 Å². The molecule has 0 aromatic heterocycles. The van der Waals surface area contributed by atoms with Crippen molar-refractivity contribution in [3.8, 4) is 0 Å². The van der Waals surface area contributed by atoms with Crippen LogP contribution < -0.4 is 10.6 Å². The molecule has 0 saturated carbocycles. The highest BCUT2D eigenvalue weighted by Gasteiger charge is 2.07. The van der Waals surface area contributed by atoms with E-state index in [0.29, 0.717) is 5.69 Å². The normalized spacial score (nSPS) is 10.3. The Bertz CT molecular complexity index is 673. The molecule has 1 amide bonds. The van der Waals surface area contributed by atoms with Crippen LogP contribution in [0.2, 0.25) is 5.02 Å². The van der Waals surface area contributed by atoms with E-state index in [1.807, 2.05) is 32.0 Å². The molecule has 110 valence electrons. The lowest BCUT2D eigenvalue weighted by atomic mass is 10.1. The van der Waals surface area contributed by atoms with Crippen LogP contribution in [0.1, 0.15) is 11.1 Å². The van der Waals surface area contributed by atoms with Gasteiger partial charge in [0.15, 0.2) is 0 Å². The Balaban J connectivity index is 1.96. The summed E-state index contributed by atoms with van der Waals surface area (Å²) in [6.45, 7) is 4.10. The molecule has 2 rings (SSSR count). The van der Waals surface area contributed by atoms with Gasteiger partial charge in [-0.15, -0.1) is 0 Å². The first-order valence-corrected chi connectivity index (χ1v) is 6.89. The van der Waals surface area contributed by atoms with Gasteiger partial charge in [-0.25, -0.2) is 4.39 Å². The molecule has 2 N–H and O–H groups in total. The second kappa shape index (κ2) is 6.59. The van der Waals surface area contributed by atoms with Crippen molar-refractivity contribution >= 4 is 28.9 Å². The molecule has 0 aliphatic carbocycles. The third-order valence-electron chi connectivity index (χ3n) is 3.03. The number of aryl methyl sites for hydroxylation is 2. The van der Waals surface area contributed by atoms with Gasteiger partial charge >= 0.3 is 0 Å². The number of anilines is 2. The molecule has 21 heavy (non-hydrogen) atoms. The van der Waals surface area contributed by atoms with E-state index < -0.39 is 5.82 Å². The van der Waals surface area contributed by atoms with Crippen LogP contribution in [0.4, 0.5) is 15.8 Å². The van der Waals surface area contributed by atoms with Crippen molar-refractivity contribution in [2.45, 2.75) is 13.8 Å². The monoisotopic (exact) mass is 306 g/mol. The average molecular weight is 307 g/mol. The second-order valence-electron chi connectivity index (χ2n) is 4.84. The standard InChI is InChI=1S/C16H16ClFN2O/c1-10-3-5-14(11(2)7-10)19-9-16(21)20-15-6-4-12(18)8-13(15)17/h3-8,19H,9H2,1-2H3,(H,20,21). The van der Waals surface area contributed by atoms with Gasteiger partial charge in [0, 0.05) is 5.69 Å². The summed E-state index contributed by atoms with van der Waals surface area (Å²) in [6, 6.07) is 9.80. The van der Waals surface area contributed by atoms with Crippen molar-refractivity contribution in [2.75, 3.05) is 17.2 Å². The van der Waals surface area contributed by atoms with E-state index in [2.05, 4.69) is 10.6 Å². The number of halogens is 2. The Labute approximate surface area is 128 Å². The molecular formula is C16H16ClFN2O.